The first-order valence-corrected chi connectivity index (χ1v) is 7.68. The van der Waals surface area contributed by atoms with Gasteiger partial charge in [-0.15, -0.1) is 0 Å². The summed E-state index contributed by atoms with van der Waals surface area (Å²) in [6, 6.07) is 0.500. The van der Waals surface area contributed by atoms with Crippen LogP contribution in [0.25, 0.3) is 0 Å². The van der Waals surface area contributed by atoms with Crippen LogP contribution in [0.1, 0.15) is 47.0 Å². The summed E-state index contributed by atoms with van der Waals surface area (Å²) in [5.74, 6) is 0.517. The largest absolute Gasteiger partial charge is 0.465 e. The third kappa shape index (κ3) is 5.91. The average molecular weight is 270 g/mol. The molecule has 0 aromatic heterocycles. The van der Waals surface area contributed by atoms with Gasteiger partial charge in [0.05, 0.1) is 6.61 Å². The molecule has 2 atom stereocenters. The molecule has 0 saturated carbocycles. The van der Waals surface area contributed by atoms with E-state index in [1.54, 1.807) is 0 Å². The van der Waals surface area contributed by atoms with E-state index in [-0.39, 0.29) is 12.0 Å². The SMILES string of the molecule is CCOC(=O)C1CCCCN1CC(C)CNC(C)C. The normalized spacial score (nSPS) is 22.5. The number of hydrogen-bond donors (Lipinski definition) is 1. The van der Waals surface area contributed by atoms with Crippen LogP contribution in [0.2, 0.25) is 0 Å². The van der Waals surface area contributed by atoms with Crippen molar-refractivity contribution in [3.8, 4) is 0 Å². The minimum absolute atomic E-state index is 0.0183. The molecule has 1 aliphatic rings. The van der Waals surface area contributed by atoms with Gasteiger partial charge < -0.3 is 10.1 Å². The highest BCUT2D eigenvalue weighted by Gasteiger charge is 2.30. The molecule has 1 N–H and O–H groups in total. The van der Waals surface area contributed by atoms with Gasteiger partial charge in [-0.25, -0.2) is 0 Å². The molecule has 19 heavy (non-hydrogen) atoms. The van der Waals surface area contributed by atoms with Gasteiger partial charge in [0.2, 0.25) is 0 Å². The van der Waals surface area contributed by atoms with Gasteiger partial charge in [0, 0.05) is 12.6 Å². The Morgan fingerprint density at radius 3 is 2.74 bits per heavy atom. The molecule has 112 valence electrons. The second-order valence-electron chi connectivity index (χ2n) is 5.93. The Morgan fingerprint density at radius 1 is 1.37 bits per heavy atom. The molecule has 2 unspecified atom stereocenters. The first kappa shape index (κ1) is 16.4. The lowest BCUT2D eigenvalue weighted by Crippen LogP contribution is -2.48. The molecule has 0 aromatic carbocycles. The van der Waals surface area contributed by atoms with Crippen molar-refractivity contribution in [3.05, 3.63) is 0 Å². The smallest absolute Gasteiger partial charge is 0.323 e. The molecule has 0 spiro atoms. The van der Waals surface area contributed by atoms with Gasteiger partial charge in [0.15, 0.2) is 0 Å². The zero-order chi connectivity index (χ0) is 14.3. The fourth-order valence-corrected chi connectivity index (χ4v) is 2.62. The van der Waals surface area contributed by atoms with Gasteiger partial charge in [-0.2, -0.15) is 0 Å². The number of nitrogens with zero attached hydrogens (tertiary/aromatic N) is 1. The van der Waals surface area contributed by atoms with Crippen LogP contribution >= 0.6 is 0 Å². The van der Waals surface area contributed by atoms with Crippen molar-refractivity contribution in [2.45, 2.75) is 59.0 Å². The van der Waals surface area contributed by atoms with Crippen molar-refractivity contribution in [2.75, 3.05) is 26.2 Å². The molecular weight excluding hydrogens is 240 g/mol. The third-order valence-electron chi connectivity index (χ3n) is 3.59. The van der Waals surface area contributed by atoms with E-state index in [0.717, 1.165) is 32.5 Å². The van der Waals surface area contributed by atoms with Gasteiger partial charge in [0.25, 0.3) is 0 Å². The van der Waals surface area contributed by atoms with Gasteiger partial charge >= 0.3 is 5.97 Å². The minimum atomic E-state index is -0.0359. The lowest BCUT2D eigenvalue weighted by atomic mass is 10.00. The van der Waals surface area contributed by atoms with Gasteiger partial charge in [0.1, 0.15) is 6.04 Å². The van der Waals surface area contributed by atoms with E-state index in [0.29, 0.717) is 18.6 Å². The van der Waals surface area contributed by atoms with E-state index in [2.05, 4.69) is 31.0 Å². The summed E-state index contributed by atoms with van der Waals surface area (Å²) < 4.78 is 5.20. The highest BCUT2D eigenvalue weighted by atomic mass is 16.5. The Morgan fingerprint density at radius 2 is 2.11 bits per heavy atom. The number of rotatable bonds is 7. The minimum Gasteiger partial charge on any atom is -0.465 e. The second kappa shape index (κ2) is 8.54. The molecule has 0 radical (unpaired) electrons. The Kier molecular flexibility index (Phi) is 7.39. The molecule has 1 fully saturated rings. The van der Waals surface area contributed by atoms with Crippen molar-refractivity contribution in [2.24, 2.45) is 5.92 Å². The Bertz CT molecular complexity index is 269. The average Bonchev–Trinajstić information content (AvgIpc) is 2.37. The van der Waals surface area contributed by atoms with Crippen LogP contribution in [0.3, 0.4) is 0 Å². The number of nitrogens with one attached hydrogen (secondary N) is 1. The Labute approximate surface area is 117 Å². The number of carbonyl (C=O) groups excluding carboxylic acids is 1. The Hall–Kier alpha value is -0.610. The van der Waals surface area contributed by atoms with E-state index in [1.807, 2.05) is 6.92 Å². The van der Waals surface area contributed by atoms with Crippen LogP contribution in [0.15, 0.2) is 0 Å². The van der Waals surface area contributed by atoms with Gasteiger partial charge in [-0.1, -0.05) is 27.2 Å². The first-order chi connectivity index (χ1) is 9.04. The molecule has 1 heterocycles. The lowest BCUT2D eigenvalue weighted by Gasteiger charge is -2.35. The quantitative estimate of drug-likeness (QED) is 0.719. The van der Waals surface area contributed by atoms with Gasteiger partial charge in [-0.3, -0.25) is 9.69 Å². The Balaban J connectivity index is 2.45. The molecule has 4 heteroatoms. The summed E-state index contributed by atoms with van der Waals surface area (Å²) in [5.41, 5.74) is 0. The zero-order valence-electron chi connectivity index (χ0n) is 12.9. The summed E-state index contributed by atoms with van der Waals surface area (Å²) in [7, 11) is 0. The zero-order valence-corrected chi connectivity index (χ0v) is 12.9. The number of ether oxygens (including phenoxy) is 1. The maximum absolute atomic E-state index is 12.0. The molecule has 0 aromatic rings. The predicted molar refractivity (Wildman–Crippen MR) is 78.1 cm³/mol. The van der Waals surface area contributed by atoms with Crippen LogP contribution in [-0.4, -0.2) is 49.2 Å². The topological polar surface area (TPSA) is 41.6 Å². The van der Waals surface area contributed by atoms with Crippen LogP contribution < -0.4 is 5.32 Å². The maximum Gasteiger partial charge on any atom is 0.323 e. The molecule has 0 aliphatic carbocycles. The van der Waals surface area contributed by atoms with E-state index in [9.17, 15) is 4.79 Å². The van der Waals surface area contributed by atoms with Crippen LogP contribution in [-0.2, 0) is 9.53 Å². The molecular formula is C15H30N2O2. The number of carbonyl (C=O) groups is 1. The number of piperidine rings is 1. The van der Waals surface area contributed by atoms with Crippen molar-refractivity contribution < 1.29 is 9.53 Å². The maximum atomic E-state index is 12.0. The predicted octanol–water partition coefficient (Wildman–Crippen LogP) is 2.04. The molecule has 1 saturated heterocycles. The van der Waals surface area contributed by atoms with E-state index in [4.69, 9.17) is 4.74 Å². The summed E-state index contributed by atoms with van der Waals surface area (Å²) in [5, 5.41) is 3.46. The van der Waals surface area contributed by atoms with Crippen LogP contribution in [0.4, 0.5) is 0 Å². The molecule has 4 nitrogen and oxygen atoms in total. The van der Waals surface area contributed by atoms with Crippen molar-refractivity contribution in [1.29, 1.82) is 0 Å². The van der Waals surface area contributed by atoms with E-state index in [1.165, 1.54) is 6.42 Å². The van der Waals surface area contributed by atoms with Crippen molar-refractivity contribution in [1.82, 2.24) is 10.2 Å². The fraction of sp³-hybridized carbons (Fsp3) is 0.933. The van der Waals surface area contributed by atoms with E-state index < -0.39 is 0 Å². The van der Waals surface area contributed by atoms with Crippen molar-refractivity contribution in [3.63, 3.8) is 0 Å². The highest BCUT2D eigenvalue weighted by Crippen LogP contribution is 2.19. The standard InChI is InChI=1S/C15H30N2O2/c1-5-19-15(18)14-8-6-7-9-17(14)11-13(4)10-16-12(2)3/h12-14,16H,5-11H2,1-4H3. The lowest BCUT2D eigenvalue weighted by molar-refractivity contribution is -0.151. The number of hydrogen-bond acceptors (Lipinski definition) is 4. The van der Waals surface area contributed by atoms with E-state index >= 15 is 0 Å². The van der Waals surface area contributed by atoms with Crippen LogP contribution in [0, 0.1) is 5.92 Å². The summed E-state index contributed by atoms with van der Waals surface area (Å²) in [6.45, 7) is 11.9. The molecule has 1 aliphatic heterocycles. The monoisotopic (exact) mass is 270 g/mol. The first-order valence-electron chi connectivity index (χ1n) is 7.68. The fourth-order valence-electron chi connectivity index (χ4n) is 2.62. The summed E-state index contributed by atoms with van der Waals surface area (Å²) >= 11 is 0. The molecule has 1 rings (SSSR count). The van der Waals surface area contributed by atoms with Crippen molar-refractivity contribution >= 4 is 5.97 Å². The number of likely N-dealkylation sites (tertiary alicyclic amines) is 1. The molecule has 0 amide bonds. The third-order valence-corrected chi connectivity index (χ3v) is 3.59. The summed E-state index contributed by atoms with van der Waals surface area (Å²) in [4.78, 5) is 14.3. The number of esters is 1. The van der Waals surface area contributed by atoms with Crippen LogP contribution in [0.5, 0.6) is 0 Å². The highest BCUT2D eigenvalue weighted by molar-refractivity contribution is 5.75. The van der Waals surface area contributed by atoms with Gasteiger partial charge in [-0.05, 0) is 38.8 Å². The molecule has 0 bridgehead atoms. The second-order valence-corrected chi connectivity index (χ2v) is 5.93. The summed E-state index contributed by atoms with van der Waals surface area (Å²) in [6.07, 6.45) is 3.28.